The van der Waals surface area contributed by atoms with Gasteiger partial charge in [-0.25, -0.2) is 4.98 Å². The van der Waals surface area contributed by atoms with Crippen LogP contribution in [0.5, 0.6) is 0 Å². The summed E-state index contributed by atoms with van der Waals surface area (Å²) in [4.78, 5) is 37.7. The minimum Gasteiger partial charge on any atom is -0.314 e. The fourth-order valence-electron chi connectivity index (χ4n) is 4.32. The van der Waals surface area contributed by atoms with Gasteiger partial charge in [0.25, 0.3) is 5.56 Å². The Bertz CT molecular complexity index is 1310. The third kappa shape index (κ3) is 4.51. The number of rotatable bonds is 6. The first kappa shape index (κ1) is 22.0. The van der Waals surface area contributed by atoms with Gasteiger partial charge in [-0.3, -0.25) is 19.1 Å². The Labute approximate surface area is 200 Å². The van der Waals surface area contributed by atoms with Crippen molar-refractivity contribution >= 4 is 44.5 Å². The average Bonchev–Trinajstić information content (AvgIpc) is 3.52. The molecule has 1 amide bonds. The van der Waals surface area contributed by atoms with Gasteiger partial charge < -0.3 is 4.90 Å². The summed E-state index contributed by atoms with van der Waals surface area (Å²) in [7, 11) is 1.75. The highest BCUT2D eigenvalue weighted by Crippen LogP contribution is 2.34. The van der Waals surface area contributed by atoms with Crippen molar-refractivity contribution in [3.63, 3.8) is 0 Å². The van der Waals surface area contributed by atoms with E-state index >= 15 is 0 Å². The molecule has 1 fully saturated rings. The summed E-state index contributed by atoms with van der Waals surface area (Å²) in [5.74, 6) is 0.529. The summed E-state index contributed by atoms with van der Waals surface area (Å²) in [6, 6.07) is 13.5. The number of nitrogens with zero attached hydrogens (tertiary/aromatic N) is 4. The Hall–Kier alpha value is -2.81. The van der Waals surface area contributed by atoms with Crippen molar-refractivity contribution in [2.24, 2.45) is 0 Å². The number of hydrogen-bond donors (Lipinski definition) is 0. The number of amides is 1. The molecular formula is C25H26N4O2S2. The van der Waals surface area contributed by atoms with Gasteiger partial charge in [0.05, 0.1) is 11.9 Å². The number of fused-ring (bicyclic) bond motifs is 1. The van der Waals surface area contributed by atoms with E-state index in [1.54, 1.807) is 27.9 Å². The molecule has 0 aliphatic carbocycles. The Morgan fingerprint density at radius 2 is 1.85 bits per heavy atom. The normalized spacial score (nSPS) is 14.6. The summed E-state index contributed by atoms with van der Waals surface area (Å²) >= 11 is 3.11. The second kappa shape index (κ2) is 9.59. The lowest BCUT2D eigenvalue weighted by Crippen LogP contribution is -2.38. The molecular weight excluding hydrogens is 452 g/mol. The third-order valence-electron chi connectivity index (χ3n) is 6.18. The molecule has 6 nitrogen and oxygen atoms in total. The molecule has 170 valence electrons. The van der Waals surface area contributed by atoms with Gasteiger partial charge >= 0.3 is 0 Å². The highest BCUT2D eigenvalue weighted by atomic mass is 32.1. The molecule has 0 bridgehead atoms. The molecule has 0 atom stereocenters. The van der Waals surface area contributed by atoms with Crippen LogP contribution >= 0.6 is 22.7 Å². The van der Waals surface area contributed by atoms with Crippen LogP contribution in [0.4, 0.5) is 5.69 Å². The van der Waals surface area contributed by atoms with Gasteiger partial charge in [0.15, 0.2) is 0 Å². The van der Waals surface area contributed by atoms with E-state index in [4.69, 9.17) is 4.98 Å². The summed E-state index contributed by atoms with van der Waals surface area (Å²) < 4.78 is 1.60. The molecule has 4 heterocycles. The van der Waals surface area contributed by atoms with Gasteiger partial charge in [0, 0.05) is 28.6 Å². The molecule has 0 saturated carbocycles. The van der Waals surface area contributed by atoms with Crippen LogP contribution < -0.4 is 10.5 Å². The van der Waals surface area contributed by atoms with Crippen LogP contribution in [0.3, 0.4) is 0 Å². The van der Waals surface area contributed by atoms with Crippen LogP contribution in [0.15, 0.2) is 58.0 Å². The number of benzene rings is 1. The van der Waals surface area contributed by atoms with Crippen molar-refractivity contribution < 1.29 is 4.79 Å². The van der Waals surface area contributed by atoms with E-state index < -0.39 is 0 Å². The van der Waals surface area contributed by atoms with Gasteiger partial charge in [-0.1, -0.05) is 30.7 Å². The van der Waals surface area contributed by atoms with Crippen LogP contribution in [-0.4, -0.2) is 40.5 Å². The van der Waals surface area contributed by atoms with Gasteiger partial charge in [-0.15, -0.1) is 22.7 Å². The molecule has 0 spiro atoms. The van der Waals surface area contributed by atoms with Crippen LogP contribution in [0.2, 0.25) is 0 Å². The Morgan fingerprint density at radius 1 is 1.06 bits per heavy atom. The fraction of sp³-hybridized carbons (Fsp3) is 0.320. The van der Waals surface area contributed by atoms with Gasteiger partial charge in [-0.05, 0) is 49.5 Å². The number of hydrogen-bond acceptors (Lipinski definition) is 6. The number of aromatic nitrogens is 2. The van der Waals surface area contributed by atoms with Crippen molar-refractivity contribution in [1.29, 1.82) is 0 Å². The third-order valence-corrected chi connectivity index (χ3v) is 7.96. The SMILES string of the molecule is CN(C(=O)Cn1c(CN2CCCCC2)nc2scc(-c3cccs3)c2c1=O)c1ccccc1. The molecule has 1 aromatic carbocycles. The lowest BCUT2D eigenvalue weighted by atomic mass is 10.1. The van der Waals surface area contributed by atoms with E-state index in [0.29, 0.717) is 17.8 Å². The molecule has 1 aliphatic rings. The summed E-state index contributed by atoms with van der Waals surface area (Å²) in [6.07, 6.45) is 3.55. The van der Waals surface area contributed by atoms with E-state index in [1.807, 2.05) is 53.2 Å². The Morgan fingerprint density at radius 3 is 2.58 bits per heavy atom. The molecule has 3 aromatic heterocycles. The molecule has 33 heavy (non-hydrogen) atoms. The van der Waals surface area contributed by atoms with Crippen molar-refractivity contribution in [3.8, 4) is 10.4 Å². The molecule has 0 unspecified atom stereocenters. The van der Waals surface area contributed by atoms with Gasteiger partial charge in [0.1, 0.15) is 17.2 Å². The Balaban J connectivity index is 1.56. The smallest absolute Gasteiger partial charge is 0.263 e. The second-order valence-electron chi connectivity index (χ2n) is 8.35. The zero-order valence-corrected chi connectivity index (χ0v) is 20.2. The van der Waals surface area contributed by atoms with E-state index in [9.17, 15) is 9.59 Å². The van der Waals surface area contributed by atoms with E-state index in [2.05, 4.69) is 4.90 Å². The van der Waals surface area contributed by atoms with Crippen molar-refractivity contribution in [1.82, 2.24) is 14.5 Å². The number of carbonyl (C=O) groups is 1. The summed E-state index contributed by atoms with van der Waals surface area (Å²) in [5.41, 5.74) is 1.58. The summed E-state index contributed by atoms with van der Waals surface area (Å²) in [6.45, 7) is 2.54. The largest absolute Gasteiger partial charge is 0.314 e. The number of piperidine rings is 1. The van der Waals surface area contributed by atoms with Crippen LogP contribution in [0, 0.1) is 0 Å². The average molecular weight is 479 g/mol. The number of likely N-dealkylation sites (tertiary alicyclic amines) is 1. The van der Waals surface area contributed by atoms with Gasteiger partial charge in [-0.2, -0.15) is 0 Å². The molecule has 4 aromatic rings. The predicted octanol–water partition coefficient (Wildman–Crippen LogP) is 4.84. The monoisotopic (exact) mass is 478 g/mol. The van der Waals surface area contributed by atoms with Crippen molar-refractivity contribution in [2.45, 2.75) is 32.4 Å². The summed E-state index contributed by atoms with van der Waals surface area (Å²) in [5, 5.41) is 4.63. The molecule has 8 heteroatoms. The number of likely N-dealkylation sites (N-methyl/N-ethyl adjacent to an activating group) is 1. The van der Waals surface area contributed by atoms with Crippen molar-refractivity contribution in [2.75, 3.05) is 25.0 Å². The minimum atomic E-state index is -0.141. The maximum atomic E-state index is 13.8. The van der Waals surface area contributed by atoms with E-state index in [1.165, 1.54) is 17.8 Å². The Kier molecular flexibility index (Phi) is 6.39. The maximum absolute atomic E-state index is 13.8. The maximum Gasteiger partial charge on any atom is 0.263 e. The first-order valence-corrected chi connectivity index (χ1v) is 13.0. The molecule has 1 aliphatic heterocycles. The molecule has 5 rings (SSSR count). The lowest BCUT2D eigenvalue weighted by Gasteiger charge is -2.27. The van der Waals surface area contributed by atoms with Gasteiger partial charge in [0.2, 0.25) is 5.91 Å². The number of carbonyl (C=O) groups excluding carboxylic acids is 1. The second-order valence-corrected chi connectivity index (χ2v) is 10.2. The van der Waals surface area contributed by atoms with E-state index in [0.717, 1.165) is 46.9 Å². The number of thiophene rings is 2. The molecule has 0 N–H and O–H groups in total. The minimum absolute atomic E-state index is 0.0317. The topological polar surface area (TPSA) is 58.4 Å². The highest BCUT2D eigenvalue weighted by molar-refractivity contribution is 7.18. The first-order chi connectivity index (χ1) is 16.1. The van der Waals surface area contributed by atoms with Crippen LogP contribution in [-0.2, 0) is 17.9 Å². The zero-order valence-electron chi connectivity index (χ0n) is 18.6. The standard InChI is InChI=1S/C25H26N4O2S2/c1-27(18-9-4-2-5-10-18)22(30)16-29-21(15-28-12-6-3-7-13-28)26-24-23(25(29)31)19(17-33-24)20-11-8-14-32-20/h2,4-5,8-11,14,17H,3,6-7,12-13,15-16H2,1H3. The molecule has 0 radical (unpaired) electrons. The fourth-order valence-corrected chi connectivity index (χ4v) is 6.09. The number of para-hydroxylation sites is 1. The number of anilines is 1. The quantitative estimate of drug-likeness (QED) is 0.398. The highest BCUT2D eigenvalue weighted by Gasteiger charge is 2.22. The van der Waals surface area contributed by atoms with Crippen LogP contribution in [0.1, 0.15) is 25.1 Å². The predicted molar refractivity (Wildman–Crippen MR) is 136 cm³/mol. The van der Waals surface area contributed by atoms with Crippen LogP contribution in [0.25, 0.3) is 20.7 Å². The van der Waals surface area contributed by atoms with E-state index in [-0.39, 0.29) is 18.0 Å². The zero-order chi connectivity index (χ0) is 22.8. The first-order valence-electron chi connectivity index (χ1n) is 11.2. The molecule has 1 saturated heterocycles. The lowest BCUT2D eigenvalue weighted by molar-refractivity contribution is -0.119. The van der Waals surface area contributed by atoms with Crippen molar-refractivity contribution in [3.05, 3.63) is 69.4 Å².